The maximum absolute atomic E-state index is 13.4. The molecule has 5 heteroatoms. The molecule has 128 valence electrons. The minimum Gasteiger partial charge on any atom is -0.481 e. The Morgan fingerprint density at radius 3 is 2.60 bits per heavy atom. The number of carbonyl (C=O) groups is 1. The van der Waals surface area contributed by atoms with Crippen molar-refractivity contribution in [3.63, 3.8) is 0 Å². The first kappa shape index (κ1) is 16.9. The molecule has 0 aliphatic carbocycles. The van der Waals surface area contributed by atoms with Gasteiger partial charge in [0.15, 0.2) is 18.2 Å². The lowest BCUT2D eigenvalue weighted by Gasteiger charge is -2.15. The van der Waals surface area contributed by atoms with E-state index in [4.69, 9.17) is 4.74 Å². The van der Waals surface area contributed by atoms with Gasteiger partial charge in [-0.1, -0.05) is 54.6 Å². The third-order valence-electron chi connectivity index (χ3n) is 3.87. The van der Waals surface area contributed by atoms with Crippen molar-refractivity contribution in [2.45, 2.75) is 6.10 Å². The summed E-state index contributed by atoms with van der Waals surface area (Å²) in [6.07, 6.45) is -0.844. The van der Waals surface area contributed by atoms with Crippen molar-refractivity contribution in [2.24, 2.45) is 0 Å². The highest BCUT2D eigenvalue weighted by Crippen LogP contribution is 2.23. The molecule has 4 nitrogen and oxygen atoms in total. The van der Waals surface area contributed by atoms with E-state index in [0.29, 0.717) is 0 Å². The highest BCUT2D eigenvalue weighted by molar-refractivity contribution is 5.86. The van der Waals surface area contributed by atoms with Crippen molar-refractivity contribution in [2.75, 3.05) is 13.2 Å². The smallest absolute Gasteiger partial charge is 0.258 e. The average molecular weight is 339 g/mol. The predicted molar refractivity (Wildman–Crippen MR) is 93.8 cm³/mol. The molecule has 3 aromatic rings. The molecule has 3 aromatic carbocycles. The summed E-state index contributed by atoms with van der Waals surface area (Å²) in [6, 6.07) is 19.3. The second kappa shape index (κ2) is 7.77. The summed E-state index contributed by atoms with van der Waals surface area (Å²) in [5, 5.41) is 14.9. The first-order chi connectivity index (χ1) is 12.1. The minimum absolute atomic E-state index is 0.0206. The van der Waals surface area contributed by atoms with Crippen LogP contribution in [-0.4, -0.2) is 24.2 Å². The van der Waals surface area contributed by atoms with Crippen molar-refractivity contribution in [3.8, 4) is 5.75 Å². The number of aliphatic hydroxyl groups excluding tert-OH is 1. The Morgan fingerprint density at radius 2 is 1.76 bits per heavy atom. The number of nitrogens with one attached hydrogen (secondary N) is 1. The van der Waals surface area contributed by atoms with Gasteiger partial charge in [0, 0.05) is 6.54 Å². The summed E-state index contributed by atoms with van der Waals surface area (Å²) < 4.78 is 18.6. The Hall–Kier alpha value is -2.92. The molecule has 0 spiro atoms. The lowest BCUT2D eigenvalue weighted by Crippen LogP contribution is -2.32. The van der Waals surface area contributed by atoms with Gasteiger partial charge in [-0.25, -0.2) is 4.39 Å². The van der Waals surface area contributed by atoms with Gasteiger partial charge in [-0.3, -0.25) is 4.79 Å². The summed E-state index contributed by atoms with van der Waals surface area (Å²) in [5.41, 5.74) is 0.744. The fourth-order valence-corrected chi connectivity index (χ4v) is 2.62. The Kier molecular flexibility index (Phi) is 5.26. The zero-order chi connectivity index (χ0) is 17.6. The molecule has 0 aliphatic heterocycles. The van der Waals surface area contributed by atoms with Crippen molar-refractivity contribution in [1.29, 1.82) is 0 Å². The van der Waals surface area contributed by atoms with Crippen molar-refractivity contribution in [3.05, 3.63) is 78.1 Å². The third kappa shape index (κ3) is 4.14. The number of halogens is 1. The first-order valence-corrected chi connectivity index (χ1v) is 7.95. The zero-order valence-electron chi connectivity index (χ0n) is 13.5. The van der Waals surface area contributed by atoms with Gasteiger partial charge in [-0.2, -0.15) is 0 Å². The van der Waals surface area contributed by atoms with Gasteiger partial charge in [0.1, 0.15) is 0 Å². The lowest BCUT2D eigenvalue weighted by atomic mass is 10.0. The van der Waals surface area contributed by atoms with Crippen LogP contribution in [0.15, 0.2) is 66.7 Å². The fourth-order valence-electron chi connectivity index (χ4n) is 2.62. The highest BCUT2D eigenvalue weighted by atomic mass is 19.1. The molecule has 0 unspecified atom stereocenters. The normalized spacial score (nSPS) is 11.9. The van der Waals surface area contributed by atoms with Crippen LogP contribution >= 0.6 is 0 Å². The van der Waals surface area contributed by atoms with E-state index in [1.165, 1.54) is 12.1 Å². The predicted octanol–water partition coefficient (Wildman–Crippen LogP) is 3.21. The molecule has 0 aromatic heterocycles. The summed E-state index contributed by atoms with van der Waals surface area (Å²) >= 11 is 0. The van der Waals surface area contributed by atoms with E-state index in [2.05, 4.69) is 5.32 Å². The highest BCUT2D eigenvalue weighted by Gasteiger charge is 2.13. The largest absolute Gasteiger partial charge is 0.481 e. The molecule has 0 aliphatic rings. The third-order valence-corrected chi connectivity index (χ3v) is 3.87. The standard InChI is InChI=1S/C20H18FNO3/c21-17-10-3-4-11-19(17)25-13-20(24)22-12-18(23)16-9-5-7-14-6-1-2-8-15(14)16/h1-11,18,23H,12-13H2,(H,22,24)/t18-/m1/s1. The number of benzene rings is 3. The van der Waals surface area contributed by atoms with E-state index in [9.17, 15) is 14.3 Å². The summed E-state index contributed by atoms with van der Waals surface area (Å²) in [5.74, 6) is -0.930. The maximum atomic E-state index is 13.4. The van der Waals surface area contributed by atoms with Crippen molar-refractivity contribution in [1.82, 2.24) is 5.32 Å². The van der Waals surface area contributed by atoms with Crippen molar-refractivity contribution < 1.29 is 19.0 Å². The van der Waals surface area contributed by atoms with E-state index in [1.807, 2.05) is 42.5 Å². The molecule has 1 amide bonds. The van der Waals surface area contributed by atoms with Crippen LogP contribution in [0.5, 0.6) is 5.75 Å². The molecule has 2 N–H and O–H groups in total. The second-order valence-electron chi connectivity index (χ2n) is 5.61. The number of para-hydroxylation sites is 1. The number of aliphatic hydroxyl groups is 1. The number of rotatable bonds is 6. The van der Waals surface area contributed by atoms with E-state index in [1.54, 1.807) is 12.1 Å². The van der Waals surface area contributed by atoms with Crippen LogP contribution in [0.4, 0.5) is 4.39 Å². The van der Waals surface area contributed by atoms with Gasteiger partial charge < -0.3 is 15.2 Å². The monoisotopic (exact) mass is 339 g/mol. The molecule has 1 atom stereocenters. The first-order valence-electron chi connectivity index (χ1n) is 7.95. The molecule has 0 saturated heterocycles. The van der Waals surface area contributed by atoms with Gasteiger partial charge in [0.25, 0.3) is 5.91 Å². The van der Waals surface area contributed by atoms with Crippen molar-refractivity contribution >= 4 is 16.7 Å². The van der Waals surface area contributed by atoms with Crippen LogP contribution in [0.25, 0.3) is 10.8 Å². The van der Waals surface area contributed by atoms with Gasteiger partial charge in [0.2, 0.25) is 0 Å². The van der Waals surface area contributed by atoms with Crippen LogP contribution in [0, 0.1) is 5.82 Å². The number of amides is 1. The number of fused-ring (bicyclic) bond motifs is 1. The molecule has 0 radical (unpaired) electrons. The lowest BCUT2D eigenvalue weighted by molar-refractivity contribution is -0.123. The van der Waals surface area contributed by atoms with Crippen LogP contribution < -0.4 is 10.1 Å². The summed E-state index contributed by atoms with van der Waals surface area (Å²) in [6.45, 7) is -0.267. The SMILES string of the molecule is O=C(COc1ccccc1F)NC[C@@H](O)c1cccc2ccccc12. The topological polar surface area (TPSA) is 58.6 Å². The molecule has 0 fully saturated rings. The minimum atomic E-state index is -0.844. The number of hydrogen-bond donors (Lipinski definition) is 2. The van der Waals surface area contributed by atoms with Crippen LogP contribution in [0.2, 0.25) is 0 Å². The Bertz CT molecular complexity index is 876. The van der Waals surface area contributed by atoms with E-state index in [0.717, 1.165) is 16.3 Å². The summed E-state index contributed by atoms with van der Waals surface area (Å²) in [4.78, 5) is 11.9. The Morgan fingerprint density at radius 1 is 1.04 bits per heavy atom. The Labute approximate surface area is 144 Å². The van der Waals surface area contributed by atoms with Crippen LogP contribution in [0.3, 0.4) is 0 Å². The molecular weight excluding hydrogens is 321 g/mol. The van der Waals surface area contributed by atoms with Gasteiger partial charge in [-0.05, 0) is 28.5 Å². The molecule has 0 bridgehead atoms. The average Bonchev–Trinajstić information content (AvgIpc) is 2.65. The number of carbonyl (C=O) groups excluding carboxylic acids is 1. The maximum Gasteiger partial charge on any atom is 0.258 e. The number of ether oxygens (including phenoxy) is 1. The zero-order valence-corrected chi connectivity index (χ0v) is 13.5. The van der Waals surface area contributed by atoms with Crippen LogP contribution in [0.1, 0.15) is 11.7 Å². The molecule has 25 heavy (non-hydrogen) atoms. The quantitative estimate of drug-likeness (QED) is 0.725. The molecule has 0 saturated carbocycles. The van der Waals surface area contributed by atoms with Gasteiger partial charge in [0.05, 0.1) is 6.10 Å². The molecular formula is C20H18FNO3. The summed E-state index contributed by atoms with van der Waals surface area (Å²) in [7, 11) is 0. The molecule has 0 heterocycles. The van der Waals surface area contributed by atoms with Gasteiger partial charge >= 0.3 is 0 Å². The van der Waals surface area contributed by atoms with E-state index in [-0.39, 0.29) is 18.9 Å². The Balaban J connectivity index is 1.57. The van der Waals surface area contributed by atoms with E-state index >= 15 is 0 Å². The second-order valence-corrected chi connectivity index (χ2v) is 5.61. The molecule has 3 rings (SSSR count). The van der Waals surface area contributed by atoms with Crippen LogP contribution in [-0.2, 0) is 4.79 Å². The number of hydrogen-bond acceptors (Lipinski definition) is 3. The fraction of sp³-hybridized carbons (Fsp3) is 0.150. The van der Waals surface area contributed by atoms with Gasteiger partial charge in [-0.15, -0.1) is 0 Å². The van der Waals surface area contributed by atoms with E-state index < -0.39 is 17.8 Å².